The molecule has 18 heavy (non-hydrogen) atoms. The molecular weight excluding hydrogens is 256 g/mol. The van der Waals surface area contributed by atoms with E-state index in [1.54, 1.807) is 12.3 Å². The van der Waals surface area contributed by atoms with Gasteiger partial charge in [-0.3, -0.25) is 0 Å². The molecule has 0 aliphatic carbocycles. The third-order valence-electron chi connectivity index (χ3n) is 2.40. The Labute approximate surface area is 108 Å². The second kappa shape index (κ2) is 5.05. The van der Waals surface area contributed by atoms with Gasteiger partial charge in [-0.1, -0.05) is 11.6 Å². The highest BCUT2D eigenvalue weighted by Crippen LogP contribution is 2.16. The average molecular weight is 267 g/mol. The smallest absolute Gasteiger partial charge is 0.356 e. The van der Waals surface area contributed by atoms with Crippen LogP contribution in [-0.2, 0) is 13.6 Å². The Morgan fingerprint density at radius 1 is 1.56 bits per heavy atom. The van der Waals surface area contributed by atoms with Crippen molar-refractivity contribution in [3.05, 3.63) is 41.1 Å². The zero-order chi connectivity index (χ0) is 13.1. The van der Waals surface area contributed by atoms with Gasteiger partial charge < -0.3 is 15.0 Å². The molecule has 2 rings (SSSR count). The Balaban J connectivity index is 2.13. The van der Waals surface area contributed by atoms with E-state index >= 15 is 0 Å². The van der Waals surface area contributed by atoms with Crippen LogP contribution < -0.4 is 5.32 Å². The third kappa shape index (κ3) is 2.60. The summed E-state index contributed by atoms with van der Waals surface area (Å²) in [7, 11) is 1.88. The van der Waals surface area contributed by atoms with E-state index in [9.17, 15) is 4.79 Å². The van der Waals surface area contributed by atoms with Crippen LogP contribution in [-0.4, -0.2) is 25.6 Å². The van der Waals surface area contributed by atoms with E-state index in [0.717, 1.165) is 5.82 Å². The Morgan fingerprint density at radius 3 is 2.94 bits per heavy atom. The van der Waals surface area contributed by atoms with Crippen molar-refractivity contribution in [2.75, 3.05) is 5.32 Å². The molecule has 0 aliphatic heterocycles. The summed E-state index contributed by atoms with van der Waals surface area (Å²) in [6.07, 6.45) is 3.52. The summed E-state index contributed by atoms with van der Waals surface area (Å²) in [5.74, 6) is 0.115. The first-order valence-corrected chi connectivity index (χ1v) is 5.55. The molecule has 0 saturated heterocycles. The molecule has 0 unspecified atom stereocenters. The molecule has 0 fully saturated rings. The Bertz CT molecular complexity index is 582. The molecule has 2 heterocycles. The number of carboxylic acids is 1. The summed E-state index contributed by atoms with van der Waals surface area (Å²) >= 11 is 5.73. The van der Waals surface area contributed by atoms with Crippen molar-refractivity contribution in [2.45, 2.75) is 6.54 Å². The number of carbonyl (C=O) groups is 1. The molecular formula is C11H11ClN4O2. The molecule has 0 amide bonds. The zero-order valence-corrected chi connectivity index (χ0v) is 10.3. The number of carboxylic acid groups (broad SMARTS) is 1. The van der Waals surface area contributed by atoms with Crippen LogP contribution in [0.15, 0.2) is 24.5 Å². The van der Waals surface area contributed by atoms with Crippen LogP contribution in [0.3, 0.4) is 0 Å². The van der Waals surface area contributed by atoms with Gasteiger partial charge in [0.15, 0.2) is 5.69 Å². The van der Waals surface area contributed by atoms with Crippen LogP contribution in [0, 0.1) is 0 Å². The molecule has 0 radical (unpaired) electrons. The van der Waals surface area contributed by atoms with Crippen molar-refractivity contribution in [1.82, 2.24) is 14.5 Å². The summed E-state index contributed by atoms with van der Waals surface area (Å²) < 4.78 is 1.86. The Morgan fingerprint density at radius 2 is 2.33 bits per heavy atom. The second-order valence-corrected chi connectivity index (χ2v) is 4.05. The molecule has 2 aromatic rings. The van der Waals surface area contributed by atoms with Gasteiger partial charge in [0.1, 0.15) is 11.6 Å². The van der Waals surface area contributed by atoms with Crippen molar-refractivity contribution in [2.24, 2.45) is 7.05 Å². The van der Waals surface area contributed by atoms with Gasteiger partial charge in [-0.05, 0) is 12.1 Å². The lowest BCUT2D eigenvalue weighted by atomic mass is 10.3. The maximum Gasteiger partial charge on any atom is 0.356 e. The zero-order valence-electron chi connectivity index (χ0n) is 9.59. The summed E-state index contributed by atoms with van der Waals surface area (Å²) in [6, 6.07) is 3.12. The number of rotatable bonds is 4. The van der Waals surface area contributed by atoms with Crippen LogP contribution in [0.4, 0.5) is 5.82 Å². The van der Waals surface area contributed by atoms with Gasteiger partial charge in [-0.2, -0.15) is 0 Å². The molecule has 0 aliphatic rings. The summed E-state index contributed by atoms with van der Waals surface area (Å²) in [5.41, 5.74) is -0.165. The predicted octanol–water partition coefficient (Wildman–Crippen LogP) is 1.78. The van der Waals surface area contributed by atoms with E-state index < -0.39 is 5.97 Å². The second-order valence-electron chi connectivity index (χ2n) is 3.64. The minimum Gasteiger partial charge on any atom is -0.476 e. The van der Waals surface area contributed by atoms with Gasteiger partial charge in [-0.25, -0.2) is 14.8 Å². The first-order chi connectivity index (χ1) is 8.58. The molecule has 94 valence electrons. The number of aryl methyl sites for hydroxylation is 1. The molecule has 0 atom stereocenters. The number of anilines is 1. The Kier molecular flexibility index (Phi) is 3.47. The van der Waals surface area contributed by atoms with Gasteiger partial charge in [0, 0.05) is 19.4 Å². The lowest BCUT2D eigenvalue weighted by Crippen LogP contribution is -2.09. The van der Waals surface area contributed by atoms with Crippen molar-refractivity contribution in [3.63, 3.8) is 0 Å². The largest absolute Gasteiger partial charge is 0.476 e. The Hall–Kier alpha value is -2.08. The summed E-state index contributed by atoms with van der Waals surface area (Å²) in [5, 5.41) is 12.0. The third-order valence-corrected chi connectivity index (χ3v) is 2.70. The van der Waals surface area contributed by atoms with E-state index in [2.05, 4.69) is 15.3 Å². The van der Waals surface area contributed by atoms with Crippen molar-refractivity contribution >= 4 is 23.4 Å². The lowest BCUT2D eigenvalue weighted by molar-refractivity contribution is 0.0691. The van der Waals surface area contributed by atoms with E-state index in [0.29, 0.717) is 12.4 Å². The van der Waals surface area contributed by atoms with Crippen LogP contribution >= 0.6 is 11.6 Å². The van der Waals surface area contributed by atoms with Crippen molar-refractivity contribution in [3.8, 4) is 0 Å². The normalized spacial score (nSPS) is 10.3. The highest BCUT2D eigenvalue weighted by molar-refractivity contribution is 6.33. The number of aromatic nitrogens is 3. The minimum absolute atomic E-state index is 0.116. The minimum atomic E-state index is -1.15. The number of nitrogens with one attached hydrogen (secondary N) is 1. The van der Waals surface area contributed by atoms with Gasteiger partial charge in [0.25, 0.3) is 0 Å². The average Bonchev–Trinajstić information content (AvgIpc) is 2.73. The van der Waals surface area contributed by atoms with E-state index in [1.807, 2.05) is 17.8 Å². The van der Waals surface area contributed by atoms with E-state index in [-0.39, 0.29) is 10.7 Å². The highest BCUT2D eigenvalue weighted by atomic mass is 35.5. The summed E-state index contributed by atoms with van der Waals surface area (Å²) in [4.78, 5) is 18.9. The van der Waals surface area contributed by atoms with Gasteiger partial charge in [0.2, 0.25) is 0 Å². The number of hydrogen-bond donors (Lipinski definition) is 2. The molecule has 6 nitrogen and oxygen atoms in total. The molecule has 2 aromatic heterocycles. The summed E-state index contributed by atoms with van der Waals surface area (Å²) in [6.45, 7) is 0.456. The first kappa shape index (κ1) is 12.4. The van der Waals surface area contributed by atoms with Crippen molar-refractivity contribution in [1.29, 1.82) is 0 Å². The SMILES string of the molecule is Cn1ccnc1CNc1ccc(Cl)c(C(=O)O)n1. The number of pyridine rings is 1. The van der Waals surface area contributed by atoms with Crippen LogP contribution in [0.2, 0.25) is 5.02 Å². The monoisotopic (exact) mass is 266 g/mol. The fraction of sp³-hybridized carbons (Fsp3) is 0.182. The topological polar surface area (TPSA) is 80.0 Å². The van der Waals surface area contributed by atoms with Crippen molar-refractivity contribution < 1.29 is 9.90 Å². The van der Waals surface area contributed by atoms with Crippen LogP contribution in [0.5, 0.6) is 0 Å². The first-order valence-electron chi connectivity index (χ1n) is 5.18. The highest BCUT2D eigenvalue weighted by Gasteiger charge is 2.11. The molecule has 0 spiro atoms. The van der Waals surface area contributed by atoms with Gasteiger partial charge in [-0.15, -0.1) is 0 Å². The maximum absolute atomic E-state index is 10.9. The van der Waals surface area contributed by atoms with E-state index in [1.165, 1.54) is 6.07 Å². The number of hydrogen-bond acceptors (Lipinski definition) is 4. The molecule has 0 aromatic carbocycles. The molecule has 2 N–H and O–H groups in total. The fourth-order valence-electron chi connectivity index (χ4n) is 1.43. The quantitative estimate of drug-likeness (QED) is 0.882. The molecule has 0 saturated carbocycles. The lowest BCUT2D eigenvalue weighted by Gasteiger charge is -2.07. The molecule has 7 heteroatoms. The predicted molar refractivity (Wildman–Crippen MR) is 66.7 cm³/mol. The maximum atomic E-state index is 10.9. The van der Waals surface area contributed by atoms with E-state index in [4.69, 9.17) is 16.7 Å². The fourth-order valence-corrected chi connectivity index (χ4v) is 1.61. The number of halogens is 1. The van der Waals surface area contributed by atoms with Crippen LogP contribution in [0.25, 0.3) is 0 Å². The number of imidazole rings is 1. The van der Waals surface area contributed by atoms with Gasteiger partial charge >= 0.3 is 5.97 Å². The molecule has 0 bridgehead atoms. The standard InChI is InChI=1S/C11H11ClN4O2/c1-16-5-4-13-9(16)6-14-8-3-2-7(12)10(15-8)11(17)18/h2-5H,6H2,1H3,(H,14,15)(H,17,18). The van der Waals surface area contributed by atoms with Crippen LogP contribution in [0.1, 0.15) is 16.3 Å². The van der Waals surface area contributed by atoms with Gasteiger partial charge in [0.05, 0.1) is 11.6 Å². The number of nitrogens with zero attached hydrogens (tertiary/aromatic N) is 3. The number of aromatic carboxylic acids is 1.